The summed E-state index contributed by atoms with van der Waals surface area (Å²) in [5.41, 5.74) is -1.89. The molecule has 6 N–H and O–H groups in total. The van der Waals surface area contributed by atoms with Crippen LogP contribution >= 0.6 is 7.60 Å². The van der Waals surface area contributed by atoms with Crippen LogP contribution in [0.1, 0.15) is 13.3 Å². The Morgan fingerprint density at radius 1 is 1.36 bits per heavy atom. The van der Waals surface area contributed by atoms with Crippen molar-refractivity contribution in [3.63, 3.8) is 0 Å². The van der Waals surface area contributed by atoms with Crippen LogP contribution in [0.15, 0.2) is 0 Å². The maximum Gasteiger partial charge on any atom is 0.353 e. The Bertz CT molecular complexity index is 222. The first-order valence-corrected chi connectivity index (χ1v) is 5.54. The molecule has 14 heavy (non-hydrogen) atoms. The topological polar surface area (TPSA) is 138 Å². The first-order valence-electron chi connectivity index (χ1n) is 3.86. The van der Waals surface area contributed by atoms with Gasteiger partial charge >= 0.3 is 7.60 Å². The van der Waals surface area contributed by atoms with Crippen molar-refractivity contribution in [2.75, 3.05) is 6.61 Å². The molecule has 0 aliphatic rings. The highest BCUT2D eigenvalue weighted by Crippen LogP contribution is 2.42. The third-order valence-corrected chi connectivity index (χ3v) is 2.85. The molecule has 0 aromatic rings. The molecule has 0 heterocycles. The summed E-state index contributed by atoms with van der Waals surface area (Å²) in [6.07, 6.45) is -2.33. The Balaban J connectivity index is 4.34. The zero-order valence-electron chi connectivity index (χ0n) is 7.61. The Hall–Kier alpha value is -0.0100. The smallest absolute Gasteiger partial charge is 0.353 e. The van der Waals surface area contributed by atoms with Crippen molar-refractivity contribution in [1.29, 1.82) is 0 Å². The molecule has 0 fully saturated rings. The molecule has 3 atom stereocenters. The quantitative estimate of drug-likeness (QED) is 0.299. The molecule has 7 nitrogen and oxygen atoms in total. The van der Waals surface area contributed by atoms with Gasteiger partial charge in [0.05, 0.1) is 12.7 Å². The van der Waals surface area contributed by atoms with Crippen molar-refractivity contribution >= 4 is 7.60 Å². The van der Waals surface area contributed by atoms with Crippen LogP contribution in [0.3, 0.4) is 0 Å². The van der Waals surface area contributed by atoms with Gasteiger partial charge in [-0.15, -0.1) is 0 Å². The average Bonchev–Trinajstić information content (AvgIpc) is 2.02. The van der Waals surface area contributed by atoms with Crippen molar-refractivity contribution < 1.29 is 34.8 Å². The maximum absolute atomic E-state index is 10.5. The number of aliphatic hydroxyl groups excluding tert-OH is 3. The normalized spacial score (nSPS) is 21.4. The lowest BCUT2D eigenvalue weighted by atomic mass is 9.98. The van der Waals surface area contributed by atoms with Crippen molar-refractivity contribution in [2.45, 2.75) is 30.9 Å². The summed E-state index contributed by atoms with van der Waals surface area (Å²) in [6, 6.07) is 0. The second-order valence-electron chi connectivity index (χ2n) is 3.34. The Morgan fingerprint density at radius 2 is 1.79 bits per heavy atom. The Kier molecular flexibility index (Phi) is 4.67. The fourth-order valence-electron chi connectivity index (χ4n) is 0.696. The van der Waals surface area contributed by atoms with Crippen LogP contribution < -0.4 is 0 Å². The summed E-state index contributed by atoms with van der Waals surface area (Å²) in [6.45, 7) is 0.312. The van der Waals surface area contributed by atoms with E-state index in [-0.39, 0.29) is 0 Å². The van der Waals surface area contributed by atoms with E-state index in [1.165, 1.54) is 0 Å². The largest absolute Gasteiger partial charge is 0.393 e. The lowest BCUT2D eigenvalue weighted by Crippen LogP contribution is -2.44. The molecule has 0 aromatic heterocycles. The third kappa shape index (κ3) is 4.02. The molecule has 0 bridgehead atoms. The minimum atomic E-state index is -4.69. The fraction of sp³-hybridized carbons (Fsp3) is 1.00. The van der Waals surface area contributed by atoms with E-state index in [0.29, 0.717) is 0 Å². The van der Waals surface area contributed by atoms with Gasteiger partial charge in [0.2, 0.25) is 0 Å². The molecule has 0 aromatic carbocycles. The van der Waals surface area contributed by atoms with Gasteiger partial charge in [0.25, 0.3) is 0 Å². The molecule has 0 amide bonds. The van der Waals surface area contributed by atoms with Crippen molar-refractivity contribution in [2.24, 2.45) is 0 Å². The number of aliphatic hydroxyl groups is 4. The minimum absolute atomic E-state index is 0.710. The van der Waals surface area contributed by atoms with E-state index in [0.717, 1.165) is 6.92 Å². The van der Waals surface area contributed by atoms with E-state index in [1.54, 1.807) is 0 Å². The van der Waals surface area contributed by atoms with E-state index in [1.807, 2.05) is 0 Å². The lowest BCUT2D eigenvalue weighted by molar-refractivity contribution is -0.101. The van der Waals surface area contributed by atoms with E-state index >= 15 is 0 Å². The van der Waals surface area contributed by atoms with Gasteiger partial charge in [0.15, 0.2) is 5.85 Å². The van der Waals surface area contributed by atoms with Crippen LogP contribution in [-0.4, -0.2) is 54.4 Å². The van der Waals surface area contributed by atoms with Gasteiger partial charge in [-0.05, 0) is 6.92 Å². The van der Waals surface area contributed by atoms with Crippen LogP contribution in [0.5, 0.6) is 0 Å². The summed E-state index contributed by atoms with van der Waals surface area (Å²) in [7, 11) is -4.69. The highest BCUT2D eigenvalue weighted by molar-refractivity contribution is 7.52. The summed E-state index contributed by atoms with van der Waals surface area (Å²) in [4.78, 5) is 17.0. The molecule has 3 unspecified atom stereocenters. The molecule has 8 heteroatoms. The molecular weight excluding hydrogens is 215 g/mol. The summed E-state index contributed by atoms with van der Waals surface area (Å²) in [5, 5.41) is 35.9. The predicted molar refractivity (Wildman–Crippen MR) is 46.4 cm³/mol. The van der Waals surface area contributed by atoms with Gasteiger partial charge in [-0.3, -0.25) is 4.57 Å². The van der Waals surface area contributed by atoms with Crippen LogP contribution in [-0.2, 0) is 4.57 Å². The van der Waals surface area contributed by atoms with Crippen molar-refractivity contribution in [1.82, 2.24) is 0 Å². The van der Waals surface area contributed by atoms with Crippen molar-refractivity contribution in [3.05, 3.63) is 0 Å². The van der Waals surface area contributed by atoms with Gasteiger partial charge in [-0.1, -0.05) is 0 Å². The van der Waals surface area contributed by atoms with Crippen LogP contribution in [0.2, 0.25) is 0 Å². The molecule has 86 valence electrons. The fourth-order valence-corrected chi connectivity index (χ4v) is 1.17. The summed E-state index contributed by atoms with van der Waals surface area (Å²) >= 11 is 0. The molecule has 0 radical (unpaired) electrons. The lowest BCUT2D eigenvalue weighted by Gasteiger charge is -2.28. The van der Waals surface area contributed by atoms with E-state index in [4.69, 9.17) is 20.0 Å². The SMILES string of the molecule is CC(O)(CO)C(O)CC(O)P(=O)(O)O. The zero-order valence-corrected chi connectivity index (χ0v) is 8.50. The Labute approximate surface area is 80.8 Å². The van der Waals surface area contributed by atoms with Crippen molar-refractivity contribution in [3.8, 4) is 0 Å². The monoisotopic (exact) mass is 230 g/mol. The van der Waals surface area contributed by atoms with Crippen LogP contribution in [0.25, 0.3) is 0 Å². The predicted octanol–water partition coefficient (Wildman–Crippen LogP) is -2.02. The second kappa shape index (κ2) is 4.67. The molecule has 0 aliphatic carbocycles. The van der Waals surface area contributed by atoms with Gasteiger partial charge in [0, 0.05) is 6.42 Å². The molecule has 0 rings (SSSR count). The molecular formula is C6H15O7P. The van der Waals surface area contributed by atoms with Gasteiger partial charge in [0.1, 0.15) is 5.60 Å². The summed E-state index contributed by atoms with van der Waals surface area (Å²) < 4.78 is 10.5. The first kappa shape index (κ1) is 14.0. The maximum atomic E-state index is 10.5. The molecule has 0 saturated heterocycles. The zero-order chi connectivity index (χ0) is 11.6. The first-order chi connectivity index (χ1) is 6.11. The van der Waals surface area contributed by atoms with E-state index < -0.39 is 38.2 Å². The minimum Gasteiger partial charge on any atom is -0.393 e. The number of rotatable bonds is 5. The highest BCUT2D eigenvalue weighted by Gasteiger charge is 2.36. The van der Waals surface area contributed by atoms with Gasteiger partial charge in [-0.25, -0.2) is 0 Å². The second-order valence-corrected chi connectivity index (χ2v) is 5.11. The molecule has 0 aliphatic heterocycles. The number of hydrogen-bond donors (Lipinski definition) is 6. The average molecular weight is 230 g/mol. The third-order valence-electron chi connectivity index (χ3n) is 1.86. The Morgan fingerprint density at radius 3 is 2.07 bits per heavy atom. The molecule has 0 spiro atoms. The highest BCUT2D eigenvalue weighted by atomic mass is 31.2. The standard InChI is InChI=1S/C6H15O7P/c1-6(10,3-7)4(8)2-5(9)14(11,12)13/h4-5,7-10H,2-3H2,1H3,(H2,11,12,13). The van der Waals surface area contributed by atoms with Gasteiger partial charge in [-0.2, -0.15) is 0 Å². The van der Waals surface area contributed by atoms with E-state index in [9.17, 15) is 14.8 Å². The van der Waals surface area contributed by atoms with Gasteiger partial charge < -0.3 is 30.2 Å². The number of hydrogen-bond acceptors (Lipinski definition) is 5. The van der Waals surface area contributed by atoms with Crippen LogP contribution in [0.4, 0.5) is 0 Å². The molecule has 0 saturated carbocycles. The van der Waals surface area contributed by atoms with E-state index in [2.05, 4.69) is 0 Å². The summed E-state index contributed by atoms with van der Waals surface area (Å²) in [5.74, 6) is -2.05. The van der Waals surface area contributed by atoms with Crippen LogP contribution in [0, 0.1) is 0 Å².